The Morgan fingerprint density at radius 1 is 0.391 bits per heavy atom. The van der Waals surface area contributed by atoms with Gasteiger partial charge in [0.1, 0.15) is 0 Å². The number of hydrogen-bond acceptors (Lipinski definition) is 5. The van der Waals surface area contributed by atoms with Crippen LogP contribution >= 0.6 is 0 Å². The molecule has 0 aliphatic rings. The number of benzene rings is 5. The molecule has 0 unspecified atom stereocenters. The molecule has 0 N–H and O–H groups in total. The lowest BCUT2D eigenvalue weighted by Gasteiger charge is -2.13. The Balaban J connectivity index is 1.19. The molecule has 0 amide bonds. The first kappa shape index (κ1) is 26.1. The first-order valence-electron chi connectivity index (χ1n) is 15.3. The summed E-state index contributed by atoms with van der Waals surface area (Å²) in [6, 6.07) is 47.8. The standard InChI is InChI=1S/C41H25N5/c1-2-8-26(9-3-1)40-41(46-37-14-5-4-13-36(37)45-40)33-12-6-10-29-24-30(17-20-32(29)33)34-21-18-27-15-16-28-19-22-35(31-11-7-23-42-25-31)44-39(28)38(27)43-34/h1-25H. The third kappa shape index (κ3) is 4.45. The number of hydrogen-bond donors (Lipinski definition) is 0. The minimum Gasteiger partial charge on any atom is -0.264 e. The van der Waals surface area contributed by atoms with Crippen LogP contribution in [0.25, 0.3) is 88.6 Å². The summed E-state index contributed by atoms with van der Waals surface area (Å²) >= 11 is 0. The van der Waals surface area contributed by atoms with Gasteiger partial charge in [0.2, 0.25) is 0 Å². The Morgan fingerprint density at radius 2 is 1.04 bits per heavy atom. The lowest BCUT2D eigenvalue weighted by Crippen LogP contribution is -1.96. The van der Waals surface area contributed by atoms with Gasteiger partial charge in [-0.05, 0) is 53.2 Å². The minimum atomic E-state index is 0.869. The van der Waals surface area contributed by atoms with Crippen molar-refractivity contribution in [2.45, 2.75) is 0 Å². The molecule has 0 atom stereocenters. The first-order chi connectivity index (χ1) is 22.8. The molecule has 9 aromatic rings. The highest BCUT2D eigenvalue weighted by molar-refractivity contribution is 6.05. The summed E-state index contributed by atoms with van der Waals surface area (Å²) in [5.74, 6) is 0. The molecule has 46 heavy (non-hydrogen) atoms. The van der Waals surface area contributed by atoms with Gasteiger partial charge in [-0.25, -0.2) is 19.9 Å². The van der Waals surface area contributed by atoms with E-state index in [-0.39, 0.29) is 0 Å². The second-order valence-electron chi connectivity index (χ2n) is 11.4. The minimum absolute atomic E-state index is 0.869. The Morgan fingerprint density at radius 3 is 1.76 bits per heavy atom. The molecule has 214 valence electrons. The molecule has 0 saturated heterocycles. The number of nitrogens with zero attached hydrogens (tertiary/aromatic N) is 5. The number of pyridine rings is 3. The van der Waals surface area contributed by atoms with Gasteiger partial charge in [-0.1, -0.05) is 97.1 Å². The van der Waals surface area contributed by atoms with E-state index >= 15 is 0 Å². The fraction of sp³-hybridized carbons (Fsp3) is 0. The van der Waals surface area contributed by atoms with Crippen LogP contribution in [-0.2, 0) is 0 Å². The van der Waals surface area contributed by atoms with Crippen LogP contribution < -0.4 is 0 Å². The SMILES string of the molecule is c1ccc(-c2nc3ccccc3nc2-c2cccc3cc(-c4ccc5ccc6ccc(-c7cccnc7)nc6c5n4)ccc23)cc1. The monoisotopic (exact) mass is 587 g/mol. The first-order valence-corrected chi connectivity index (χ1v) is 15.3. The van der Waals surface area contributed by atoms with Gasteiger partial charge >= 0.3 is 0 Å². The van der Waals surface area contributed by atoms with Crippen LogP contribution in [0, 0.1) is 0 Å². The molecule has 0 aliphatic carbocycles. The van der Waals surface area contributed by atoms with Crippen LogP contribution in [0.1, 0.15) is 0 Å². The third-order valence-electron chi connectivity index (χ3n) is 8.53. The summed E-state index contributed by atoms with van der Waals surface area (Å²) in [6.07, 6.45) is 3.62. The molecule has 0 aliphatic heterocycles. The van der Waals surface area contributed by atoms with Gasteiger partial charge < -0.3 is 0 Å². The highest BCUT2D eigenvalue weighted by Gasteiger charge is 2.16. The number of fused-ring (bicyclic) bond motifs is 5. The van der Waals surface area contributed by atoms with Crippen molar-refractivity contribution in [2.24, 2.45) is 0 Å². The molecule has 0 spiro atoms. The summed E-state index contributed by atoms with van der Waals surface area (Å²) in [6.45, 7) is 0. The largest absolute Gasteiger partial charge is 0.264 e. The Labute approximate surface area is 264 Å². The highest BCUT2D eigenvalue weighted by atomic mass is 14.8. The lowest BCUT2D eigenvalue weighted by atomic mass is 9.96. The van der Waals surface area contributed by atoms with Crippen LogP contribution in [-0.4, -0.2) is 24.9 Å². The zero-order chi connectivity index (χ0) is 30.5. The molecule has 0 radical (unpaired) electrons. The Kier molecular flexibility index (Phi) is 6.06. The number of para-hydroxylation sites is 2. The maximum Gasteiger partial charge on any atom is 0.0979 e. The predicted octanol–water partition coefficient (Wildman–Crippen LogP) is 9.94. The van der Waals surface area contributed by atoms with Crippen molar-refractivity contribution in [1.29, 1.82) is 0 Å². The van der Waals surface area contributed by atoms with Crippen molar-refractivity contribution >= 4 is 43.6 Å². The average molecular weight is 588 g/mol. The maximum absolute atomic E-state index is 5.18. The van der Waals surface area contributed by atoms with Crippen LogP contribution in [0.2, 0.25) is 0 Å². The van der Waals surface area contributed by atoms with Crippen LogP contribution in [0.3, 0.4) is 0 Å². The maximum atomic E-state index is 5.18. The molecular formula is C41H25N5. The zero-order valence-electron chi connectivity index (χ0n) is 24.7. The summed E-state index contributed by atoms with van der Waals surface area (Å²) < 4.78 is 0. The van der Waals surface area contributed by atoms with Crippen molar-refractivity contribution < 1.29 is 0 Å². The van der Waals surface area contributed by atoms with Gasteiger partial charge in [-0.2, -0.15) is 0 Å². The zero-order valence-corrected chi connectivity index (χ0v) is 24.7. The molecule has 5 heteroatoms. The van der Waals surface area contributed by atoms with E-state index < -0.39 is 0 Å². The van der Waals surface area contributed by atoms with Crippen LogP contribution in [0.5, 0.6) is 0 Å². The summed E-state index contributed by atoms with van der Waals surface area (Å²) in [5.41, 5.74) is 11.1. The molecule has 4 heterocycles. The van der Waals surface area contributed by atoms with Gasteiger partial charge in [0.25, 0.3) is 0 Å². The molecule has 0 fully saturated rings. The van der Waals surface area contributed by atoms with E-state index in [1.165, 1.54) is 0 Å². The molecular weight excluding hydrogens is 562 g/mol. The van der Waals surface area contributed by atoms with Crippen LogP contribution in [0.4, 0.5) is 0 Å². The van der Waals surface area contributed by atoms with E-state index in [4.69, 9.17) is 19.9 Å². The van der Waals surface area contributed by atoms with Crippen molar-refractivity contribution in [3.8, 4) is 45.0 Å². The highest BCUT2D eigenvalue weighted by Crippen LogP contribution is 2.37. The fourth-order valence-electron chi connectivity index (χ4n) is 6.24. The van der Waals surface area contributed by atoms with Gasteiger partial charge in [0.05, 0.1) is 44.8 Å². The Hall–Kier alpha value is -6.33. The van der Waals surface area contributed by atoms with E-state index in [0.29, 0.717) is 0 Å². The smallest absolute Gasteiger partial charge is 0.0979 e. The quantitative estimate of drug-likeness (QED) is 0.192. The molecule has 9 rings (SSSR count). The van der Waals surface area contributed by atoms with Crippen molar-refractivity contribution in [3.05, 3.63) is 152 Å². The second-order valence-corrected chi connectivity index (χ2v) is 11.4. The number of rotatable bonds is 4. The molecule has 0 saturated carbocycles. The normalized spacial score (nSPS) is 11.5. The predicted molar refractivity (Wildman–Crippen MR) is 187 cm³/mol. The average Bonchev–Trinajstić information content (AvgIpc) is 3.14. The van der Waals surface area contributed by atoms with Crippen molar-refractivity contribution in [1.82, 2.24) is 24.9 Å². The summed E-state index contributed by atoms with van der Waals surface area (Å²) in [4.78, 5) is 24.8. The third-order valence-corrected chi connectivity index (χ3v) is 8.53. The summed E-state index contributed by atoms with van der Waals surface area (Å²) in [5, 5.41) is 4.33. The van der Waals surface area contributed by atoms with E-state index in [1.807, 2.05) is 66.9 Å². The van der Waals surface area contributed by atoms with E-state index in [0.717, 1.165) is 88.6 Å². The van der Waals surface area contributed by atoms with Crippen molar-refractivity contribution in [2.75, 3.05) is 0 Å². The summed E-state index contributed by atoms with van der Waals surface area (Å²) in [7, 11) is 0. The van der Waals surface area contributed by atoms with Gasteiger partial charge in [0.15, 0.2) is 0 Å². The van der Waals surface area contributed by atoms with Gasteiger partial charge in [-0.15, -0.1) is 0 Å². The van der Waals surface area contributed by atoms with E-state index in [1.54, 1.807) is 6.20 Å². The topological polar surface area (TPSA) is 64.5 Å². The van der Waals surface area contributed by atoms with E-state index in [2.05, 4.69) is 83.8 Å². The fourth-order valence-corrected chi connectivity index (χ4v) is 6.24. The molecule has 5 nitrogen and oxygen atoms in total. The molecule has 4 aromatic heterocycles. The second kappa shape index (κ2) is 10.7. The van der Waals surface area contributed by atoms with E-state index in [9.17, 15) is 0 Å². The molecule has 5 aromatic carbocycles. The molecule has 0 bridgehead atoms. The van der Waals surface area contributed by atoms with Gasteiger partial charge in [-0.3, -0.25) is 4.98 Å². The van der Waals surface area contributed by atoms with Crippen LogP contribution in [0.15, 0.2) is 152 Å². The lowest BCUT2D eigenvalue weighted by molar-refractivity contribution is 1.30. The number of aromatic nitrogens is 5. The Bertz CT molecular complexity index is 2580. The van der Waals surface area contributed by atoms with Crippen molar-refractivity contribution in [3.63, 3.8) is 0 Å². The van der Waals surface area contributed by atoms with Gasteiger partial charge in [0, 0.05) is 45.4 Å².